The first kappa shape index (κ1) is 6.90. The zero-order valence-corrected chi connectivity index (χ0v) is 6.19. The highest BCUT2D eigenvalue weighted by atomic mass is 16.4. The van der Waals surface area contributed by atoms with Crippen molar-refractivity contribution < 1.29 is 9.90 Å². The normalized spacial score (nSPS) is 13.8. The molecule has 0 unspecified atom stereocenters. The van der Waals surface area contributed by atoms with Gasteiger partial charge in [-0.2, -0.15) is 0 Å². The van der Waals surface area contributed by atoms with Crippen molar-refractivity contribution in [2.24, 2.45) is 0 Å². The van der Waals surface area contributed by atoms with Crippen LogP contribution >= 0.6 is 0 Å². The van der Waals surface area contributed by atoms with Gasteiger partial charge >= 0.3 is 6.09 Å². The standard InChI is InChI=1S/C7H7N3O2/c11-7(12)10-4-9-5-2-1-3-8-6(5)10/h1-3,9H,4H2,(H,11,12). The van der Waals surface area contributed by atoms with Gasteiger partial charge in [0.2, 0.25) is 0 Å². The van der Waals surface area contributed by atoms with E-state index in [4.69, 9.17) is 5.11 Å². The van der Waals surface area contributed by atoms with Crippen molar-refractivity contribution in [2.45, 2.75) is 0 Å². The van der Waals surface area contributed by atoms with E-state index in [1.54, 1.807) is 18.3 Å². The van der Waals surface area contributed by atoms with Crippen LogP contribution in [-0.4, -0.2) is 22.9 Å². The molecule has 0 atom stereocenters. The Balaban J connectivity index is 2.42. The first-order chi connectivity index (χ1) is 5.79. The zero-order chi connectivity index (χ0) is 8.55. The number of amides is 1. The van der Waals surface area contributed by atoms with Gasteiger partial charge in [0.15, 0.2) is 5.82 Å². The molecule has 0 saturated heterocycles. The number of hydrogen-bond donors (Lipinski definition) is 2. The average molecular weight is 165 g/mol. The van der Waals surface area contributed by atoms with Gasteiger partial charge in [-0.25, -0.2) is 14.7 Å². The molecule has 0 bridgehead atoms. The summed E-state index contributed by atoms with van der Waals surface area (Å²) in [6.07, 6.45) is 0.585. The number of fused-ring (bicyclic) bond motifs is 1. The summed E-state index contributed by atoms with van der Waals surface area (Å²) in [5, 5.41) is 11.6. The third-order valence-electron chi connectivity index (χ3n) is 1.70. The summed E-state index contributed by atoms with van der Waals surface area (Å²) >= 11 is 0. The summed E-state index contributed by atoms with van der Waals surface area (Å²) in [6, 6.07) is 3.56. The van der Waals surface area contributed by atoms with E-state index in [-0.39, 0.29) is 6.67 Å². The molecule has 5 nitrogen and oxygen atoms in total. The molecular weight excluding hydrogens is 158 g/mol. The zero-order valence-electron chi connectivity index (χ0n) is 6.19. The van der Waals surface area contributed by atoms with Crippen LogP contribution < -0.4 is 10.2 Å². The van der Waals surface area contributed by atoms with Gasteiger partial charge in [-0.05, 0) is 12.1 Å². The number of anilines is 2. The van der Waals surface area contributed by atoms with E-state index in [2.05, 4.69) is 10.3 Å². The van der Waals surface area contributed by atoms with E-state index in [9.17, 15) is 4.79 Å². The molecule has 5 heteroatoms. The number of nitrogens with one attached hydrogen (secondary N) is 1. The van der Waals surface area contributed by atoms with Gasteiger partial charge in [-0.3, -0.25) is 0 Å². The van der Waals surface area contributed by atoms with Crippen molar-refractivity contribution >= 4 is 17.6 Å². The third-order valence-corrected chi connectivity index (χ3v) is 1.70. The lowest BCUT2D eigenvalue weighted by molar-refractivity contribution is 0.202. The molecular formula is C7H7N3O2. The maximum Gasteiger partial charge on any atom is 0.414 e. The van der Waals surface area contributed by atoms with Crippen LogP contribution in [0.3, 0.4) is 0 Å². The molecule has 1 amide bonds. The van der Waals surface area contributed by atoms with Crippen LogP contribution in [0.25, 0.3) is 0 Å². The number of rotatable bonds is 0. The Morgan fingerprint density at radius 2 is 2.58 bits per heavy atom. The maximum absolute atomic E-state index is 10.6. The smallest absolute Gasteiger partial charge is 0.414 e. The summed E-state index contributed by atoms with van der Waals surface area (Å²) in [5.74, 6) is 0.477. The van der Waals surface area contributed by atoms with Crippen molar-refractivity contribution in [3.05, 3.63) is 18.3 Å². The molecule has 0 spiro atoms. The van der Waals surface area contributed by atoms with E-state index >= 15 is 0 Å². The lowest BCUT2D eigenvalue weighted by Crippen LogP contribution is -2.28. The highest BCUT2D eigenvalue weighted by molar-refractivity contribution is 5.92. The Hall–Kier alpha value is -1.78. The fraction of sp³-hybridized carbons (Fsp3) is 0.143. The Kier molecular flexibility index (Phi) is 1.36. The van der Waals surface area contributed by atoms with Crippen LogP contribution in [0.4, 0.5) is 16.3 Å². The van der Waals surface area contributed by atoms with E-state index in [1.165, 1.54) is 0 Å². The molecule has 0 saturated carbocycles. The molecule has 1 aromatic heterocycles. The minimum atomic E-state index is -0.986. The summed E-state index contributed by atoms with van der Waals surface area (Å²) in [4.78, 5) is 15.7. The molecule has 0 aliphatic carbocycles. The molecule has 1 aromatic rings. The second-order valence-corrected chi connectivity index (χ2v) is 2.42. The van der Waals surface area contributed by atoms with E-state index in [0.29, 0.717) is 5.82 Å². The van der Waals surface area contributed by atoms with Gasteiger partial charge in [-0.1, -0.05) is 0 Å². The fourth-order valence-electron chi connectivity index (χ4n) is 1.15. The Labute approximate surface area is 68.6 Å². The molecule has 2 N–H and O–H groups in total. The Morgan fingerprint density at radius 3 is 3.33 bits per heavy atom. The lowest BCUT2D eigenvalue weighted by atomic mass is 10.4. The Morgan fingerprint density at radius 1 is 1.75 bits per heavy atom. The first-order valence-corrected chi connectivity index (χ1v) is 3.48. The van der Waals surface area contributed by atoms with Gasteiger partial charge in [0.05, 0.1) is 5.69 Å². The summed E-state index contributed by atoms with van der Waals surface area (Å²) in [7, 11) is 0. The summed E-state index contributed by atoms with van der Waals surface area (Å²) in [6.45, 7) is 0.279. The van der Waals surface area contributed by atoms with Crippen LogP contribution in [-0.2, 0) is 0 Å². The van der Waals surface area contributed by atoms with Gasteiger partial charge in [0.1, 0.15) is 6.67 Å². The minimum Gasteiger partial charge on any atom is -0.465 e. The average Bonchev–Trinajstić information content (AvgIpc) is 2.47. The predicted octanol–water partition coefficient (Wildman–Crippen LogP) is 0.949. The number of carboxylic acid groups (broad SMARTS) is 1. The van der Waals surface area contributed by atoms with Gasteiger partial charge in [0, 0.05) is 6.20 Å². The van der Waals surface area contributed by atoms with Crippen LogP contribution in [0.1, 0.15) is 0 Å². The quantitative estimate of drug-likeness (QED) is 0.600. The van der Waals surface area contributed by atoms with Crippen molar-refractivity contribution in [1.82, 2.24) is 4.98 Å². The minimum absolute atomic E-state index is 0.279. The van der Waals surface area contributed by atoms with Crippen LogP contribution in [0.15, 0.2) is 18.3 Å². The van der Waals surface area contributed by atoms with Gasteiger partial charge in [0.25, 0.3) is 0 Å². The van der Waals surface area contributed by atoms with Crippen molar-refractivity contribution in [2.75, 3.05) is 16.9 Å². The second-order valence-electron chi connectivity index (χ2n) is 2.42. The topological polar surface area (TPSA) is 65.5 Å². The third kappa shape index (κ3) is 0.868. The molecule has 0 aromatic carbocycles. The van der Waals surface area contributed by atoms with E-state index < -0.39 is 6.09 Å². The van der Waals surface area contributed by atoms with E-state index in [1.807, 2.05) is 0 Å². The number of hydrogen-bond acceptors (Lipinski definition) is 3. The monoisotopic (exact) mass is 165 g/mol. The molecule has 12 heavy (non-hydrogen) atoms. The maximum atomic E-state index is 10.6. The molecule has 0 fully saturated rings. The molecule has 2 rings (SSSR count). The van der Waals surface area contributed by atoms with Crippen LogP contribution in [0, 0.1) is 0 Å². The van der Waals surface area contributed by atoms with Crippen molar-refractivity contribution in [3.63, 3.8) is 0 Å². The molecule has 1 aliphatic heterocycles. The van der Waals surface area contributed by atoms with Crippen LogP contribution in [0.2, 0.25) is 0 Å². The SMILES string of the molecule is O=C(O)N1CNc2cccnc21. The number of pyridine rings is 1. The highest BCUT2D eigenvalue weighted by Crippen LogP contribution is 2.27. The van der Waals surface area contributed by atoms with E-state index in [0.717, 1.165) is 10.6 Å². The summed E-state index contributed by atoms with van der Waals surface area (Å²) in [5.41, 5.74) is 0.764. The molecule has 0 radical (unpaired) electrons. The molecule has 1 aliphatic rings. The van der Waals surface area contributed by atoms with Gasteiger partial charge < -0.3 is 10.4 Å². The Bertz CT molecular complexity index is 326. The molecule has 62 valence electrons. The largest absolute Gasteiger partial charge is 0.465 e. The highest BCUT2D eigenvalue weighted by Gasteiger charge is 2.24. The summed E-state index contributed by atoms with van der Waals surface area (Å²) < 4.78 is 0. The predicted molar refractivity (Wildman–Crippen MR) is 43.2 cm³/mol. The second kappa shape index (κ2) is 2.37. The fourth-order valence-corrected chi connectivity index (χ4v) is 1.15. The van der Waals surface area contributed by atoms with Crippen LogP contribution in [0.5, 0.6) is 0 Å². The number of aromatic nitrogens is 1. The first-order valence-electron chi connectivity index (χ1n) is 3.48. The van der Waals surface area contributed by atoms with Gasteiger partial charge in [-0.15, -0.1) is 0 Å². The molecule has 2 heterocycles. The number of carbonyl (C=O) groups is 1. The van der Waals surface area contributed by atoms with Crippen molar-refractivity contribution in [1.29, 1.82) is 0 Å². The number of nitrogens with zero attached hydrogens (tertiary/aromatic N) is 2. The van der Waals surface area contributed by atoms with Crippen molar-refractivity contribution in [3.8, 4) is 0 Å². The lowest BCUT2D eigenvalue weighted by Gasteiger charge is -2.08.